The van der Waals surface area contributed by atoms with Crippen molar-refractivity contribution >= 4 is 17.8 Å². The number of hydrogen-bond donors (Lipinski definition) is 3. The molecule has 0 radical (unpaired) electrons. The lowest BCUT2D eigenvalue weighted by Crippen LogP contribution is -2.36. The molecule has 1 rings (SSSR count). The van der Waals surface area contributed by atoms with Crippen LogP contribution in [0.15, 0.2) is 6.07 Å². The summed E-state index contributed by atoms with van der Waals surface area (Å²) in [7, 11) is 1.67. The largest absolute Gasteiger partial charge is 0.370 e. The quantitative estimate of drug-likeness (QED) is 0.672. The fraction of sp³-hybridized carbons (Fsp3) is 0.455. The van der Waals surface area contributed by atoms with E-state index in [4.69, 9.17) is 5.73 Å². The zero-order valence-corrected chi connectivity index (χ0v) is 10.7. The number of rotatable bonds is 5. The van der Waals surface area contributed by atoms with Crippen molar-refractivity contribution in [2.75, 3.05) is 12.4 Å². The Hall–Kier alpha value is -2.18. The first-order chi connectivity index (χ1) is 8.42. The lowest BCUT2D eigenvalue weighted by molar-refractivity contribution is -0.118. The number of primary amides is 1. The molecule has 98 valence electrons. The Morgan fingerprint density at radius 2 is 2.11 bits per heavy atom. The maximum atomic E-state index is 11.9. The molecule has 1 unspecified atom stereocenters. The van der Waals surface area contributed by atoms with E-state index in [1.165, 1.54) is 0 Å². The lowest BCUT2D eigenvalue weighted by atomic mass is 10.2. The monoisotopic (exact) mass is 251 g/mol. The number of aromatic nitrogens is 2. The van der Waals surface area contributed by atoms with E-state index in [0.717, 1.165) is 0 Å². The van der Waals surface area contributed by atoms with E-state index in [-0.39, 0.29) is 24.1 Å². The van der Waals surface area contributed by atoms with E-state index in [0.29, 0.717) is 11.6 Å². The molecule has 0 fully saturated rings. The van der Waals surface area contributed by atoms with Crippen LogP contribution in [0.2, 0.25) is 0 Å². The Balaban J connectivity index is 2.77. The first-order valence-corrected chi connectivity index (χ1v) is 5.55. The van der Waals surface area contributed by atoms with Gasteiger partial charge in [-0.3, -0.25) is 9.59 Å². The van der Waals surface area contributed by atoms with Crippen LogP contribution in [0, 0.1) is 6.92 Å². The number of anilines is 1. The minimum Gasteiger partial charge on any atom is -0.370 e. The summed E-state index contributed by atoms with van der Waals surface area (Å²) < 4.78 is 0. The van der Waals surface area contributed by atoms with Crippen LogP contribution in [-0.2, 0) is 4.79 Å². The van der Waals surface area contributed by atoms with E-state index >= 15 is 0 Å². The number of carbonyl (C=O) groups is 2. The van der Waals surface area contributed by atoms with Gasteiger partial charge in [0.15, 0.2) is 0 Å². The number of carbonyl (C=O) groups excluding carboxylic acids is 2. The van der Waals surface area contributed by atoms with Crippen molar-refractivity contribution in [1.82, 2.24) is 15.3 Å². The molecule has 18 heavy (non-hydrogen) atoms. The second-order valence-corrected chi connectivity index (χ2v) is 4.01. The molecule has 1 aromatic heterocycles. The normalized spacial score (nSPS) is 11.7. The molecule has 7 heteroatoms. The van der Waals surface area contributed by atoms with Crippen molar-refractivity contribution in [3.05, 3.63) is 17.5 Å². The minimum absolute atomic E-state index is 0.0920. The van der Waals surface area contributed by atoms with Gasteiger partial charge in [0, 0.05) is 25.2 Å². The summed E-state index contributed by atoms with van der Waals surface area (Å²) in [6.07, 6.45) is 0.0920. The highest BCUT2D eigenvalue weighted by molar-refractivity contribution is 5.93. The number of nitrogens with two attached hydrogens (primary N) is 1. The van der Waals surface area contributed by atoms with Crippen LogP contribution in [-0.4, -0.2) is 34.9 Å². The molecular formula is C11H17N5O2. The zero-order valence-electron chi connectivity index (χ0n) is 10.7. The topological polar surface area (TPSA) is 110 Å². The van der Waals surface area contributed by atoms with Crippen LogP contribution < -0.4 is 16.4 Å². The van der Waals surface area contributed by atoms with E-state index < -0.39 is 5.91 Å². The SMILES string of the molecule is CNc1nc(C)cc(C(=O)NC(C)CC(N)=O)n1. The van der Waals surface area contributed by atoms with Gasteiger partial charge in [-0.1, -0.05) is 0 Å². The smallest absolute Gasteiger partial charge is 0.270 e. The summed E-state index contributed by atoms with van der Waals surface area (Å²) in [5.41, 5.74) is 5.99. The number of amides is 2. The molecule has 0 saturated heterocycles. The van der Waals surface area contributed by atoms with Gasteiger partial charge in [0.05, 0.1) is 0 Å². The van der Waals surface area contributed by atoms with Crippen molar-refractivity contribution in [3.8, 4) is 0 Å². The average Bonchev–Trinajstić information content (AvgIpc) is 2.26. The Kier molecular flexibility index (Phi) is 4.59. The van der Waals surface area contributed by atoms with Crippen LogP contribution in [0.3, 0.4) is 0 Å². The third-order valence-electron chi connectivity index (χ3n) is 2.20. The molecule has 1 atom stereocenters. The molecule has 1 heterocycles. The standard InChI is InChI=1S/C11H17N5O2/c1-6-4-8(16-11(13-3)15-6)10(18)14-7(2)5-9(12)17/h4,7H,5H2,1-3H3,(H2,12,17)(H,14,18)(H,13,15,16). The Labute approximate surface area is 105 Å². The third kappa shape index (κ3) is 4.00. The first-order valence-electron chi connectivity index (χ1n) is 5.55. The minimum atomic E-state index is -0.461. The van der Waals surface area contributed by atoms with Crippen molar-refractivity contribution in [2.24, 2.45) is 5.73 Å². The van der Waals surface area contributed by atoms with Gasteiger partial charge in [-0.05, 0) is 19.9 Å². The van der Waals surface area contributed by atoms with Gasteiger partial charge in [0.2, 0.25) is 11.9 Å². The summed E-state index contributed by atoms with van der Waals surface area (Å²) in [6, 6.07) is 1.25. The van der Waals surface area contributed by atoms with Crippen molar-refractivity contribution in [2.45, 2.75) is 26.3 Å². The zero-order chi connectivity index (χ0) is 13.7. The van der Waals surface area contributed by atoms with Crippen LogP contribution in [0.4, 0.5) is 5.95 Å². The Bertz CT molecular complexity index is 461. The van der Waals surface area contributed by atoms with E-state index in [2.05, 4.69) is 20.6 Å². The van der Waals surface area contributed by atoms with Crippen molar-refractivity contribution in [1.29, 1.82) is 0 Å². The molecule has 0 aliphatic heterocycles. The van der Waals surface area contributed by atoms with Gasteiger partial charge in [-0.25, -0.2) is 9.97 Å². The summed E-state index contributed by atoms with van der Waals surface area (Å²) in [6.45, 7) is 3.47. The summed E-state index contributed by atoms with van der Waals surface area (Å²) in [4.78, 5) is 30.7. The predicted octanol–water partition coefficient (Wildman–Crippen LogP) is -0.180. The molecule has 0 aliphatic rings. The van der Waals surface area contributed by atoms with Gasteiger partial charge < -0.3 is 16.4 Å². The second kappa shape index (κ2) is 5.95. The van der Waals surface area contributed by atoms with Crippen molar-refractivity contribution < 1.29 is 9.59 Å². The fourth-order valence-electron chi connectivity index (χ4n) is 1.45. The molecule has 7 nitrogen and oxygen atoms in total. The van der Waals surface area contributed by atoms with Gasteiger partial charge in [0.1, 0.15) is 5.69 Å². The van der Waals surface area contributed by atoms with Gasteiger partial charge in [-0.2, -0.15) is 0 Å². The highest BCUT2D eigenvalue weighted by Crippen LogP contribution is 2.04. The first kappa shape index (κ1) is 13.9. The second-order valence-electron chi connectivity index (χ2n) is 4.01. The van der Waals surface area contributed by atoms with Crippen LogP contribution in [0.1, 0.15) is 29.5 Å². The molecule has 2 amide bonds. The number of nitrogens with one attached hydrogen (secondary N) is 2. The van der Waals surface area contributed by atoms with E-state index in [9.17, 15) is 9.59 Å². The summed E-state index contributed by atoms with van der Waals surface area (Å²) in [5.74, 6) is -0.439. The highest BCUT2D eigenvalue weighted by atomic mass is 16.2. The van der Waals surface area contributed by atoms with Crippen LogP contribution in [0.25, 0.3) is 0 Å². The predicted molar refractivity (Wildman–Crippen MR) is 67.1 cm³/mol. The molecule has 0 saturated carbocycles. The molecule has 1 aromatic rings. The maximum absolute atomic E-state index is 11.9. The Morgan fingerprint density at radius 3 is 2.67 bits per heavy atom. The number of hydrogen-bond acceptors (Lipinski definition) is 5. The number of aryl methyl sites for hydroxylation is 1. The van der Waals surface area contributed by atoms with Crippen LogP contribution >= 0.6 is 0 Å². The van der Waals surface area contributed by atoms with Crippen LogP contribution in [0.5, 0.6) is 0 Å². The fourth-order valence-corrected chi connectivity index (χ4v) is 1.45. The molecule has 0 aliphatic carbocycles. The summed E-state index contributed by atoms with van der Waals surface area (Å²) >= 11 is 0. The maximum Gasteiger partial charge on any atom is 0.270 e. The summed E-state index contributed by atoms with van der Waals surface area (Å²) in [5, 5.41) is 5.42. The average molecular weight is 251 g/mol. The van der Waals surface area contributed by atoms with E-state index in [1.807, 2.05) is 0 Å². The molecule has 0 spiro atoms. The molecule has 0 aromatic carbocycles. The van der Waals surface area contributed by atoms with Crippen molar-refractivity contribution in [3.63, 3.8) is 0 Å². The van der Waals surface area contributed by atoms with Gasteiger partial charge >= 0.3 is 0 Å². The molecule has 0 bridgehead atoms. The highest BCUT2D eigenvalue weighted by Gasteiger charge is 2.14. The van der Waals surface area contributed by atoms with E-state index in [1.54, 1.807) is 27.0 Å². The Morgan fingerprint density at radius 1 is 1.44 bits per heavy atom. The lowest BCUT2D eigenvalue weighted by Gasteiger charge is -2.12. The van der Waals surface area contributed by atoms with Gasteiger partial charge in [0.25, 0.3) is 5.91 Å². The molecular weight excluding hydrogens is 234 g/mol. The molecule has 4 N–H and O–H groups in total. The van der Waals surface area contributed by atoms with Gasteiger partial charge in [-0.15, -0.1) is 0 Å². The number of nitrogens with zero attached hydrogens (tertiary/aromatic N) is 2. The third-order valence-corrected chi connectivity index (χ3v) is 2.20.